The van der Waals surface area contributed by atoms with Crippen molar-refractivity contribution in [1.29, 1.82) is 0 Å². The van der Waals surface area contributed by atoms with Gasteiger partial charge >= 0.3 is 0 Å². The number of hydrogen-bond donors (Lipinski definition) is 1. The Kier molecular flexibility index (Phi) is 6.56. The first kappa shape index (κ1) is 16.4. The SMILES string of the molecule is CCC1CCCC(NCc2ccc(N(CC)CC)cc2)C1. The Bertz CT molecular complexity index is 395. The van der Waals surface area contributed by atoms with Gasteiger partial charge in [0.2, 0.25) is 0 Å². The topological polar surface area (TPSA) is 15.3 Å². The number of hydrogen-bond acceptors (Lipinski definition) is 2. The van der Waals surface area contributed by atoms with Crippen LogP contribution in [-0.2, 0) is 6.54 Å². The zero-order valence-electron chi connectivity index (χ0n) is 14.1. The minimum absolute atomic E-state index is 0.728. The van der Waals surface area contributed by atoms with E-state index < -0.39 is 0 Å². The van der Waals surface area contributed by atoms with Gasteiger partial charge in [0.1, 0.15) is 0 Å². The second-order valence-corrected chi connectivity index (χ2v) is 6.36. The Morgan fingerprint density at radius 1 is 1.05 bits per heavy atom. The van der Waals surface area contributed by atoms with E-state index in [4.69, 9.17) is 0 Å². The van der Waals surface area contributed by atoms with Crippen molar-refractivity contribution in [1.82, 2.24) is 5.32 Å². The molecule has 0 saturated heterocycles. The van der Waals surface area contributed by atoms with Crippen molar-refractivity contribution >= 4 is 5.69 Å². The summed E-state index contributed by atoms with van der Waals surface area (Å²) in [5.74, 6) is 0.946. The maximum Gasteiger partial charge on any atom is 0.0366 e. The fourth-order valence-electron chi connectivity index (χ4n) is 3.52. The highest BCUT2D eigenvalue weighted by Gasteiger charge is 2.19. The van der Waals surface area contributed by atoms with Gasteiger partial charge in [-0.3, -0.25) is 0 Å². The zero-order valence-corrected chi connectivity index (χ0v) is 14.1. The first-order valence-corrected chi connectivity index (χ1v) is 8.84. The summed E-state index contributed by atoms with van der Waals surface area (Å²) < 4.78 is 0. The number of rotatable bonds is 7. The number of benzene rings is 1. The van der Waals surface area contributed by atoms with Gasteiger partial charge in [0.15, 0.2) is 0 Å². The summed E-state index contributed by atoms with van der Waals surface area (Å²) in [6, 6.07) is 9.81. The highest BCUT2D eigenvalue weighted by Crippen LogP contribution is 2.26. The summed E-state index contributed by atoms with van der Waals surface area (Å²) in [6.07, 6.45) is 6.91. The Hall–Kier alpha value is -1.02. The lowest BCUT2D eigenvalue weighted by Gasteiger charge is -2.29. The van der Waals surface area contributed by atoms with Crippen molar-refractivity contribution in [2.45, 2.75) is 65.5 Å². The third-order valence-electron chi connectivity index (χ3n) is 5.02. The van der Waals surface area contributed by atoms with Crippen molar-refractivity contribution in [2.24, 2.45) is 5.92 Å². The molecule has 1 aromatic carbocycles. The molecule has 0 heterocycles. The van der Waals surface area contributed by atoms with E-state index in [-0.39, 0.29) is 0 Å². The summed E-state index contributed by atoms with van der Waals surface area (Å²) in [7, 11) is 0. The first-order valence-electron chi connectivity index (χ1n) is 8.84. The minimum atomic E-state index is 0.728. The van der Waals surface area contributed by atoms with E-state index in [2.05, 4.69) is 55.3 Å². The van der Waals surface area contributed by atoms with Gasteiger partial charge in [-0.1, -0.05) is 38.3 Å². The van der Waals surface area contributed by atoms with Crippen LogP contribution in [0.2, 0.25) is 0 Å². The van der Waals surface area contributed by atoms with Crippen LogP contribution >= 0.6 is 0 Å². The van der Waals surface area contributed by atoms with Crippen molar-refractivity contribution in [3.63, 3.8) is 0 Å². The molecule has 21 heavy (non-hydrogen) atoms. The van der Waals surface area contributed by atoms with Gasteiger partial charge < -0.3 is 10.2 Å². The fourth-order valence-corrected chi connectivity index (χ4v) is 3.52. The summed E-state index contributed by atoms with van der Waals surface area (Å²) in [6.45, 7) is 9.93. The molecule has 0 aromatic heterocycles. The predicted octanol–water partition coefficient (Wildman–Crippen LogP) is 4.59. The van der Waals surface area contributed by atoms with Crippen LogP contribution in [-0.4, -0.2) is 19.1 Å². The van der Waals surface area contributed by atoms with E-state index in [1.807, 2.05) is 0 Å². The monoisotopic (exact) mass is 288 g/mol. The lowest BCUT2D eigenvalue weighted by atomic mass is 9.84. The van der Waals surface area contributed by atoms with Gasteiger partial charge in [0.05, 0.1) is 0 Å². The highest BCUT2D eigenvalue weighted by molar-refractivity contribution is 5.47. The van der Waals surface area contributed by atoms with E-state index in [1.165, 1.54) is 43.4 Å². The second kappa shape index (κ2) is 8.43. The molecule has 1 saturated carbocycles. The molecule has 0 bridgehead atoms. The van der Waals surface area contributed by atoms with Crippen molar-refractivity contribution < 1.29 is 0 Å². The number of nitrogens with one attached hydrogen (secondary N) is 1. The standard InChI is InChI=1S/C19H32N2/c1-4-16-8-7-9-18(14-16)20-15-17-10-12-19(13-11-17)21(5-2)6-3/h10-13,16,18,20H,4-9,14-15H2,1-3H3. The second-order valence-electron chi connectivity index (χ2n) is 6.36. The minimum Gasteiger partial charge on any atom is -0.372 e. The molecule has 118 valence electrons. The van der Waals surface area contributed by atoms with E-state index in [0.29, 0.717) is 0 Å². The van der Waals surface area contributed by atoms with Crippen LogP contribution < -0.4 is 10.2 Å². The van der Waals surface area contributed by atoms with Crippen molar-refractivity contribution in [3.8, 4) is 0 Å². The molecule has 2 nitrogen and oxygen atoms in total. The molecule has 1 N–H and O–H groups in total. The average Bonchev–Trinajstić information content (AvgIpc) is 2.55. The average molecular weight is 288 g/mol. The maximum absolute atomic E-state index is 3.77. The van der Waals surface area contributed by atoms with Crippen molar-refractivity contribution in [3.05, 3.63) is 29.8 Å². The molecular weight excluding hydrogens is 256 g/mol. The molecule has 2 unspecified atom stereocenters. The Morgan fingerprint density at radius 2 is 1.76 bits per heavy atom. The summed E-state index contributed by atoms with van der Waals surface area (Å²) >= 11 is 0. The zero-order chi connectivity index (χ0) is 15.1. The maximum atomic E-state index is 3.77. The molecule has 1 aliphatic rings. The highest BCUT2D eigenvalue weighted by atomic mass is 15.1. The van der Waals surface area contributed by atoms with Crippen LogP contribution in [0.15, 0.2) is 24.3 Å². The lowest BCUT2D eigenvalue weighted by Crippen LogP contribution is -2.33. The summed E-state index contributed by atoms with van der Waals surface area (Å²) in [5, 5.41) is 3.77. The summed E-state index contributed by atoms with van der Waals surface area (Å²) in [5.41, 5.74) is 2.75. The van der Waals surface area contributed by atoms with Gasteiger partial charge in [-0.25, -0.2) is 0 Å². The molecule has 0 spiro atoms. The van der Waals surface area contributed by atoms with E-state index in [0.717, 1.165) is 31.6 Å². The molecule has 0 amide bonds. The third-order valence-corrected chi connectivity index (χ3v) is 5.02. The normalized spacial score (nSPS) is 22.2. The Balaban J connectivity index is 1.83. The first-order chi connectivity index (χ1) is 10.3. The molecule has 1 fully saturated rings. The van der Waals surface area contributed by atoms with E-state index in [1.54, 1.807) is 0 Å². The molecule has 2 heteroatoms. The quantitative estimate of drug-likeness (QED) is 0.789. The van der Waals surface area contributed by atoms with Gasteiger partial charge in [-0.2, -0.15) is 0 Å². The molecule has 2 rings (SSSR count). The number of nitrogens with zero attached hydrogens (tertiary/aromatic N) is 1. The van der Waals surface area contributed by atoms with Crippen LogP contribution in [0.25, 0.3) is 0 Å². The van der Waals surface area contributed by atoms with Crippen molar-refractivity contribution in [2.75, 3.05) is 18.0 Å². The largest absolute Gasteiger partial charge is 0.372 e. The lowest BCUT2D eigenvalue weighted by molar-refractivity contribution is 0.278. The van der Waals surface area contributed by atoms with E-state index in [9.17, 15) is 0 Å². The smallest absolute Gasteiger partial charge is 0.0366 e. The van der Waals surface area contributed by atoms with Gasteiger partial charge in [-0.05, 0) is 50.3 Å². The van der Waals surface area contributed by atoms with Gasteiger partial charge in [-0.15, -0.1) is 0 Å². The van der Waals surface area contributed by atoms with Gasteiger partial charge in [0.25, 0.3) is 0 Å². The van der Waals surface area contributed by atoms with Crippen LogP contribution in [0.3, 0.4) is 0 Å². The molecule has 0 radical (unpaired) electrons. The molecule has 2 atom stereocenters. The third kappa shape index (κ3) is 4.74. The molecule has 1 aromatic rings. The van der Waals surface area contributed by atoms with Crippen LogP contribution in [0.1, 0.15) is 58.4 Å². The molecule has 0 aliphatic heterocycles. The van der Waals surface area contributed by atoms with E-state index >= 15 is 0 Å². The number of anilines is 1. The van der Waals surface area contributed by atoms with Crippen LogP contribution in [0.4, 0.5) is 5.69 Å². The van der Waals surface area contributed by atoms with Crippen LogP contribution in [0.5, 0.6) is 0 Å². The Morgan fingerprint density at radius 3 is 2.38 bits per heavy atom. The fraction of sp³-hybridized carbons (Fsp3) is 0.684. The molecule has 1 aliphatic carbocycles. The predicted molar refractivity (Wildman–Crippen MR) is 92.9 cm³/mol. The van der Waals surface area contributed by atoms with Crippen LogP contribution in [0, 0.1) is 5.92 Å². The summed E-state index contributed by atoms with van der Waals surface area (Å²) in [4.78, 5) is 2.39. The Labute approximate surface area is 130 Å². The van der Waals surface area contributed by atoms with Gasteiger partial charge in [0, 0.05) is 31.4 Å². The molecular formula is C19H32N2.